The number of allylic oxidation sites excluding steroid dienone is 1. The van der Waals surface area contributed by atoms with Crippen molar-refractivity contribution in [1.82, 2.24) is 5.32 Å². The van der Waals surface area contributed by atoms with Gasteiger partial charge in [0.15, 0.2) is 15.6 Å². The predicted octanol–water partition coefficient (Wildman–Crippen LogP) is 3.47. The number of nitrogens with one attached hydrogen (secondary N) is 2. The molecule has 3 rings (SSSR count). The third-order valence-electron chi connectivity index (χ3n) is 5.69. The van der Waals surface area contributed by atoms with Gasteiger partial charge in [-0.25, -0.2) is 13.2 Å². The molecule has 0 bridgehead atoms. The average molecular weight is 429 g/mol. The van der Waals surface area contributed by atoms with Gasteiger partial charge < -0.3 is 20.5 Å². The molecule has 1 heterocycles. The molecular weight excluding hydrogens is 404 g/mol. The van der Waals surface area contributed by atoms with Crippen molar-refractivity contribution in [1.29, 1.82) is 0 Å². The minimum absolute atomic E-state index is 0.0132. The fourth-order valence-electron chi connectivity index (χ4n) is 3.37. The molecule has 9 heteroatoms. The van der Waals surface area contributed by atoms with Crippen LogP contribution < -0.4 is 10.6 Å². The van der Waals surface area contributed by atoms with E-state index in [4.69, 9.17) is 16.3 Å². The van der Waals surface area contributed by atoms with Gasteiger partial charge in [0.25, 0.3) is 0 Å². The Morgan fingerprint density at radius 3 is 2.54 bits per heavy atom. The lowest BCUT2D eigenvalue weighted by molar-refractivity contribution is -0.0468. The number of aromatic hydroxyl groups is 1. The molecule has 1 atom stereocenters. The maximum absolute atomic E-state index is 13.3. The highest BCUT2D eigenvalue weighted by Gasteiger charge is 2.48. The molecule has 1 unspecified atom stereocenters. The topological polar surface area (TPSA) is 105 Å². The zero-order valence-electron chi connectivity index (χ0n) is 16.1. The fourth-order valence-corrected chi connectivity index (χ4v) is 5.62. The number of hydrogen-bond acceptors (Lipinski definition) is 5. The molecule has 0 aromatic heterocycles. The van der Waals surface area contributed by atoms with Crippen LogP contribution in [0.25, 0.3) is 0 Å². The standard InChI is InChI=1S/C19H25ClN2O5S/c1-11-5-4-6-14(11)21-18(24)22-15-8-7-13(20)17(16(15)23)28(25,26)19(2,3)12-9-27-10-12/h5,7-8,12,14,23H,4,6,9-10H2,1-3H3,(H2,21,22,24). The van der Waals surface area contributed by atoms with Gasteiger partial charge in [-0.15, -0.1) is 0 Å². The number of anilines is 1. The van der Waals surface area contributed by atoms with E-state index in [2.05, 4.69) is 16.7 Å². The van der Waals surface area contributed by atoms with Crippen molar-refractivity contribution < 1.29 is 23.1 Å². The maximum Gasteiger partial charge on any atom is 0.319 e. The molecule has 0 radical (unpaired) electrons. The predicted molar refractivity (Wildman–Crippen MR) is 108 cm³/mol. The van der Waals surface area contributed by atoms with E-state index in [1.165, 1.54) is 12.1 Å². The largest absolute Gasteiger partial charge is 0.504 e. The van der Waals surface area contributed by atoms with Crippen molar-refractivity contribution in [3.05, 3.63) is 28.8 Å². The summed E-state index contributed by atoms with van der Waals surface area (Å²) in [6.07, 6.45) is 3.76. The number of carbonyl (C=O) groups excluding carboxylic acids is 1. The number of amides is 2. The van der Waals surface area contributed by atoms with Gasteiger partial charge in [0, 0.05) is 5.92 Å². The number of sulfone groups is 1. The van der Waals surface area contributed by atoms with Gasteiger partial charge in [-0.05, 0) is 45.7 Å². The van der Waals surface area contributed by atoms with E-state index in [9.17, 15) is 18.3 Å². The van der Waals surface area contributed by atoms with E-state index in [0.29, 0.717) is 13.2 Å². The van der Waals surface area contributed by atoms with E-state index < -0.39 is 26.4 Å². The Hall–Kier alpha value is -1.77. The first-order valence-electron chi connectivity index (χ1n) is 9.13. The van der Waals surface area contributed by atoms with Crippen molar-refractivity contribution in [3.8, 4) is 5.75 Å². The third kappa shape index (κ3) is 3.60. The van der Waals surface area contributed by atoms with Crippen molar-refractivity contribution in [2.24, 2.45) is 5.92 Å². The molecule has 0 saturated carbocycles. The van der Waals surface area contributed by atoms with E-state index in [-0.39, 0.29) is 27.6 Å². The van der Waals surface area contributed by atoms with Crippen LogP contribution in [0.15, 0.2) is 28.7 Å². The summed E-state index contributed by atoms with van der Waals surface area (Å²) in [6.45, 7) is 5.79. The molecule has 28 heavy (non-hydrogen) atoms. The molecule has 1 aromatic carbocycles. The lowest BCUT2D eigenvalue weighted by Gasteiger charge is -2.39. The highest BCUT2D eigenvalue weighted by Crippen LogP contribution is 2.44. The van der Waals surface area contributed by atoms with E-state index >= 15 is 0 Å². The first-order chi connectivity index (χ1) is 13.1. The number of urea groups is 1. The van der Waals surface area contributed by atoms with Crippen LogP contribution >= 0.6 is 11.6 Å². The number of phenols is 1. The smallest absolute Gasteiger partial charge is 0.319 e. The minimum Gasteiger partial charge on any atom is -0.504 e. The Kier molecular flexibility index (Phi) is 5.67. The van der Waals surface area contributed by atoms with Gasteiger partial charge in [0.2, 0.25) is 0 Å². The van der Waals surface area contributed by atoms with E-state index in [1.54, 1.807) is 13.8 Å². The number of carbonyl (C=O) groups is 1. The number of benzene rings is 1. The van der Waals surface area contributed by atoms with E-state index in [1.807, 2.05) is 6.92 Å². The van der Waals surface area contributed by atoms with Crippen LogP contribution in [0, 0.1) is 5.92 Å². The molecule has 1 aromatic rings. The number of halogens is 1. The highest BCUT2D eigenvalue weighted by atomic mass is 35.5. The van der Waals surface area contributed by atoms with Crippen LogP contribution in [0.4, 0.5) is 10.5 Å². The molecule has 0 spiro atoms. The molecule has 1 aliphatic heterocycles. The fraction of sp³-hybridized carbons (Fsp3) is 0.526. The molecule has 7 nitrogen and oxygen atoms in total. The van der Waals surface area contributed by atoms with Gasteiger partial charge in [-0.3, -0.25) is 0 Å². The summed E-state index contributed by atoms with van der Waals surface area (Å²) in [5.74, 6) is -0.764. The van der Waals surface area contributed by atoms with Crippen LogP contribution in [0.1, 0.15) is 33.6 Å². The van der Waals surface area contributed by atoms with Gasteiger partial charge in [0.1, 0.15) is 4.90 Å². The van der Waals surface area contributed by atoms with Crippen LogP contribution in [-0.4, -0.2) is 43.6 Å². The molecular formula is C19H25ClN2O5S. The van der Waals surface area contributed by atoms with Gasteiger partial charge >= 0.3 is 6.03 Å². The Labute approximate surface area is 170 Å². The monoisotopic (exact) mass is 428 g/mol. The molecule has 3 N–H and O–H groups in total. The maximum atomic E-state index is 13.3. The van der Waals surface area contributed by atoms with Crippen molar-refractivity contribution in [2.75, 3.05) is 18.5 Å². The molecule has 2 amide bonds. The summed E-state index contributed by atoms with van der Waals surface area (Å²) in [4.78, 5) is 11.9. The number of hydrogen-bond donors (Lipinski definition) is 3. The van der Waals surface area contributed by atoms with Crippen LogP contribution in [-0.2, 0) is 14.6 Å². The third-order valence-corrected chi connectivity index (χ3v) is 8.79. The minimum atomic E-state index is -3.99. The van der Waals surface area contributed by atoms with Gasteiger partial charge in [-0.1, -0.05) is 23.3 Å². The van der Waals surface area contributed by atoms with Crippen molar-refractivity contribution in [3.63, 3.8) is 0 Å². The van der Waals surface area contributed by atoms with Crippen molar-refractivity contribution in [2.45, 2.75) is 49.3 Å². The Bertz CT molecular complexity index is 922. The summed E-state index contributed by atoms with van der Waals surface area (Å²) in [6, 6.07) is 2.15. The second-order valence-corrected chi connectivity index (χ2v) is 10.7. The summed E-state index contributed by atoms with van der Waals surface area (Å²) in [5.41, 5.74) is 1.06. The van der Waals surface area contributed by atoms with Crippen LogP contribution in [0.2, 0.25) is 5.02 Å². The molecule has 1 fully saturated rings. The second kappa shape index (κ2) is 7.57. The summed E-state index contributed by atoms with van der Waals surface area (Å²) in [5, 5.41) is 15.9. The van der Waals surface area contributed by atoms with Crippen LogP contribution in [0.5, 0.6) is 5.75 Å². The zero-order valence-corrected chi connectivity index (χ0v) is 17.7. The van der Waals surface area contributed by atoms with Crippen LogP contribution in [0.3, 0.4) is 0 Å². The Balaban J connectivity index is 1.88. The summed E-state index contributed by atoms with van der Waals surface area (Å²) < 4.78 is 30.5. The van der Waals surface area contributed by atoms with Crippen molar-refractivity contribution >= 4 is 33.2 Å². The van der Waals surface area contributed by atoms with Gasteiger partial charge in [-0.2, -0.15) is 0 Å². The first kappa shape index (κ1) is 21.0. The average Bonchev–Trinajstić information content (AvgIpc) is 2.92. The number of phenolic OH excluding ortho intramolecular Hbond substituents is 1. The quantitative estimate of drug-likeness (QED) is 0.492. The summed E-state index contributed by atoms with van der Waals surface area (Å²) >= 11 is 6.14. The Morgan fingerprint density at radius 2 is 2.00 bits per heavy atom. The number of rotatable bonds is 5. The molecule has 1 saturated heterocycles. The normalized spacial score (nSPS) is 20.4. The van der Waals surface area contributed by atoms with E-state index in [0.717, 1.165) is 18.4 Å². The number of ether oxygens (including phenoxy) is 1. The molecule has 1 aliphatic carbocycles. The van der Waals surface area contributed by atoms with Gasteiger partial charge in [0.05, 0.1) is 34.7 Å². The zero-order chi connectivity index (χ0) is 20.7. The summed E-state index contributed by atoms with van der Waals surface area (Å²) in [7, 11) is -3.99. The first-order valence-corrected chi connectivity index (χ1v) is 11.0. The lowest BCUT2D eigenvalue weighted by Crippen LogP contribution is -2.49. The molecule has 2 aliphatic rings. The highest BCUT2D eigenvalue weighted by molar-refractivity contribution is 7.93. The molecule has 154 valence electrons. The SMILES string of the molecule is CC1=CCCC1NC(=O)Nc1ccc(Cl)c(S(=O)(=O)C(C)(C)C2COC2)c1O. The lowest BCUT2D eigenvalue weighted by atomic mass is 9.93. The second-order valence-electron chi connectivity index (χ2n) is 7.79. The Morgan fingerprint density at radius 1 is 1.32 bits per heavy atom.